The third-order valence-electron chi connectivity index (χ3n) is 4.11. The predicted molar refractivity (Wildman–Crippen MR) is 59.8 cm³/mol. The molecule has 3 nitrogen and oxygen atoms in total. The summed E-state index contributed by atoms with van der Waals surface area (Å²) in [7, 11) is 0. The minimum atomic E-state index is 0.197. The Morgan fingerprint density at radius 1 is 1.27 bits per heavy atom. The summed E-state index contributed by atoms with van der Waals surface area (Å²) in [6.45, 7) is 6.55. The predicted octanol–water partition coefficient (Wildman–Crippen LogP) is 1.26. The monoisotopic (exact) mass is 213 g/mol. The fourth-order valence-electron chi connectivity index (χ4n) is 2.77. The van der Waals surface area contributed by atoms with Crippen LogP contribution in [-0.4, -0.2) is 49.0 Å². The number of ether oxygens (including phenoxy) is 1. The lowest BCUT2D eigenvalue weighted by molar-refractivity contribution is -0.00944. The Balaban J connectivity index is 1.82. The Kier molecular flexibility index (Phi) is 3.65. The van der Waals surface area contributed by atoms with E-state index >= 15 is 0 Å². The minimum absolute atomic E-state index is 0.197. The summed E-state index contributed by atoms with van der Waals surface area (Å²) in [6, 6.07) is 0.744. The van der Waals surface area contributed by atoms with Crippen LogP contribution in [0.3, 0.4) is 0 Å². The number of hydrogen-bond acceptors (Lipinski definition) is 3. The molecule has 1 saturated heterocycles. The van der Waals surface area contributed by atoms with Crippen molar-refractivity contribution in [3.8, 4) is 0 Å². The van der Waals surface area contributed by atoms with Gasteiger partial charge in [-0.2, -0.15) is 0 Å². The maximum Gasteiger partial charge on any atom is 0.0594 e. The van der Waals surface area contributed by atoms with Crippen LogP contribution in [0.4, 0.5) is 0 Å². The zero-order chi connectivity index (χ0) is 10.7. The molecule has 0 atom stereocenters. The summed E-state index contributed by atoms with van der Waals surface area (Å²) in [5.41, 5.74) is 0.197. The third kappa shape index (κ3) is 2.71. The fraction of sp³-hybridized carbons (Fsp3) is 1.00. The van der Waals surface area contributed by atoms with Crippen molar-refractivity contribution in [1.29, 1.82) is 0 Å². The van der Waals surface area contributed by atoms with Crippen LogP contribution in [0.2, 0.25) is 0 Å². The average Bonchev–Trinajstić information content (AvgIpc) is 2.31. The van der Waals surface area contributed by atoms with Crippen molar-refractivity contribution in [2.75, 3.05) is 32.9 Å². The molecule has 0 radical (unpaired) electrons. The quantitative estimate of drug-likeness (QED) is 0.749. The van der Waals surface area contributed by atoms with E-state index in [1.54, 1.807) is 0 Å². The highest BCUT2D eigenvalue weighted by atomic mass is 16.5. The first kappa shape index (κ1) is 11.4. The highest BCUT2D eigenvalue weighted by molar-refractivity contribution is 4.86. The maximum atomic E-state index is 9.31. The van der Waals surface area contributed by atoms with Crippen molar-refractivity contribution in [3.05, 3.63) is 0 Å². The SMILES string of the molecule is CC1(CO)CCC(N2CCOCC2)CC1. The van der Waals surface area contributed by atoms with E-state index in [1.165, 1.54) is 25.7 Å². The molecule has 0 aromatic heterocycles. The van der Waals surface area contributed by atoms with E-state index in [4.69, 9.17) is 4.74 Å². The van der Waals surface area contributed by atoms with E-state index in [0.717, 1.165) is 32.3 Å². The largest absolute Gasteiger partial charge is 0.396 e. The van der Waals surface area contributed by atoms with Crippen LogP contribution in [0.15, 0.2) is 0 Å². The van der Waals surface area contributed by atoms with E-state index in [9.17, 15) is 5.11 Å². The van der Waals surface area contributed by atoms with Crippen LogP contribution in [0.25, 0.3) is 0 Å². The number of aliphatic hydroxyl groups excluding tert-OH is 1. The van der Waals surface area contributed by atoms with Gasteiger partial charge in [-0.1, -0.05) is 6.92 Å². The molecule has 3 heteroatoms. The number of morpholine rings is 1. The molecule has 1 aliphatic carbocycles. The van der Waals surface area contributed by atoms with Gasteiger partial charge >= 0.3 is 0 Å². The van der Waals surface area contributed by atoms with Crippen molar-refractivity contribution in [2.45, 2.75) is 38.6 Å². The van der Waals surface area contributed by atoms with Gasteiger partial charge in [-0.05, 0) is 31.1 Å². The van der Waals surface area contributed by atoms with Gasteiger partial charge in [0.25, 0.3) is 0 Å². The smallest absolute Gasteiger partial charge is 0.0594 e. The van der Waals surface area contributed by atoms with Gasteiger partial charge in [-0.15, -0.1) is 0 Å². The molecule has 0 aromatic carbocycles. The van der Waals surface area contributed by atoms with E-state index < -0.39 is 0 Å². The number of hydrogen-bond donors (Lipinski definition) is 1. The van der Waals surface area contributed by atoms with Gasteiger partial charge in [-0.25, -0.2) is 0 Å². The fourth-order valence-corrected chi connectivity index (χ4v) is 2.77. The van der Waals surface area contributed by atoms with E-state index in [0.29, 0.717) is 6.61 Å². The zero-order valence-electron chi connectivity index (χ0n) is 9.74. The van der Waals surface area contributed by atoms with E-state index in [2.05, 4.69) is 11.8 Å². The van der Waals surface area contributed by atoms with Crippen molar-refractivity contribution in [3.63, 3.8) is 0 Å². The molecule has 2 aliphatic rings. The van der Waals surface area contributed by atoms with Crippen molar-refractivity contribution in [2.24, 2.45) is 5.41 Å². The lowest BCUT2D eigenvalue weighted by Gasteiger charge is -2.42. The van der Waals surface area contributed by atoms with Crippen LogP contribution in [0.1, 0.15) is 32.6 Å². The van der Waals surface area contributed by atoms with Crippen LogP contribution in [0.5, 0.6) is 0 Å². The van der Waals surface area contributed by atoms with Crippen molar-refractivity contribution < 1.29 is 9.84 Å². The molecule has 1 heterocycles. The molecule has 0 spiro atoms. The maximum absolute atomic E-state index is 9.31. The van der Waals surface area contributed by atoms with Gasteiger partial charge in [-0.3, -0.25) is 4.90 Å². The van der Waals surface area contributed by atoms with Crippen molar-refractivity contribution in [1.82, 2.24) is 4.90 Å². The minimum Gasteiger partial charge on any atom is -0.396 e. The molecule has 0 bridgehead atoms. The number of rotatable bonds is 2. The summed E-state index contributed by atoms with van der Waals surface area (Å²) in [5, 5.41) is 9.31. The average molecular weight is 213 g/mol. The Hall–Kier alpha value is -0.120. The molecule has 0 aromatic rings. The molecular formula is C12H23NO2. The van der Waals surface area contributed by atoms with Gasteiger partial charge in [0.1, 0.15) is 0 Å². The number of nitrogens with zero attached hydrogens (tertiary/aromatic N) is 1. The van der Waals surface area contributed by atoms with Gasteiger partial charge in [0.15, 0.2) is 0 Å². The normalized spacial score (nSPS) is 39.2. The Labute approximate surface area is 92.4 Å². The molecule has 1 N–H and O–H groups in total. The summed E-state index contributed by atoms with van der Waals surface area (Å²) < 4.78 is 5.37. The zero-order valence-corrected chi connectivity index (χ0v) is 9.74. The van der Waals surface area contributed by atoms with Gasteiger partial charge in [0.05, 0.1) is 13.2 Å². The second-order valence-electron chi connectivity index (χ2n) is 5.35. The Bertz CT molecular complexity index is 194. The summed E-state index contributed by atoms with van der Waals surface area (Å²) in [5.74, 6) is 0. The standard InChI is InChI=1S/C12H23NO2/c1-12(10-14)4-2-11(3-5-12)13-6-8-15-9-7-13/h11,14H,2-10H2,1H3. The van der Waals surface area contributed by atoms with Crippen LogP contribution in [0, 0.1) is 5.41 Å². The van der Waals surface area contributed by atoms with Crippen LogP contribution >= 0.6 is 0 Å². The molecule has 88 valence electrons. The highest BCUT2D eigenvalue weighted by Crippen LogP contribution is 2.37. The van der Waals surface area contributed by atoms with Crippen LogP contribution in [-0.2, 0) is 4.74 Å². The van der Waals surface area contributed by atoms with Gasteiger partial charge < -0.3 is 9.84 Å². The first-order valence-corrected chi connectivity index (χ1v) is 6.16. The lowest BCUT2D eigenvalue weighted by atomic mass is 9.74. The van der Waals surface area contributed by atoms with E-state index in [1.807, 2.05) is 0 Å². The molecule has 15 heavy (non-hydrogen) atoms. The molecule has 1 saturated carbocycles. The molecule has 1 aliphatic heterocycles. The Morgan fingerprint density at radius 3 is 2.40 bits per heavy atom. The summed E-state index contributed by atoms with van der Waals surface area (Å²) in [4.78, 5) is 2.57. The van der Waals surface area contributed by atoms with Crippen molar-refractivity contribution >= 4 is 0 Å². The van der Waals surface area contributed by atoms with E-state index in [-0.39, 0.29) is 5.41 Å². The molecular weight excluding hydrogens is 190 g/mol. The molecule has 2 fully saturated rings. The second kappa shape index (κ2) is 4.81. The summed E-state index contributed by atoms with van der Waals surface area (Å²) in [6.07, 6.45) is 4.84. The topological polar surface area (TPSA) is 32.7 Å². The number of aliphatic hydroxyl groups is 1. The molecule has 2 rings (SSSR count). The summed E-state index contributed by atoms with van der Waals surface area (Å²) >= 11 is 0. The first-order valence-electron chi connectivity index (χ1n) is 6.16. The molecule has 0 unspecified atom stereocenters. The van der Waals surface area contributed by atoms with Gasteiger partial charge in [0, 0.05) is 25.7 Å². The molecule has 0 amide bonds. The second-order valence-corrected chi connectivity index (χ2v) is 5.35. The first-order chi connectivity index (χ1) is 7.23. The third-order valence-corrected chi connectivity index (χ3v) is 4.11. The van der Waals surface area contributed by atoms with Gasteiger partial charge in [0.2, 0.25) is 0 Å². The van der Waals surface area contributed by atoms with Crippen LogP contribution < -0.4 is 0 Å². The Morgan fingerprint density at radius 2 is 1.87 bits per heavy atom. The lowest BCUT2D eigenvalue weighted by Crippen LogP contribution is -2.46. The highest BCUT2D eigenvalue weighted by Gasteiger charge is 2.33.